The van der Waals surface area contributed by atoms with Crippen LogP contribution in [0.15, 0.2) is 24.3 Å². The molecule has 28 heavy (non-hydrogen) atoms. The molecule has 2 fully saturated rings. The van der Waals surface area contributed by atoms with E-state index in [4.69, 9.17) is 0 Å². The second-order valence-electron chi connectivity index (χ2n) is 8.24. The second kappa shape index (κ2) is 7.30. The van der Waals surface area contributed by atoms with Crippen molar-refractivity contribution in [2.24, 2.45) is 5.92 Å². The number of anilines is 1. The predicted molar refractivity (Wildman–Crippen MR) is 106 cm³/mol. The molecule has 1 aromatic carbocycles. The van der Waals surface area contributed by atoms with E-state index >= 15 is 0 Å². The molecule has 3 N–H and O–H groups in total. The quantitative estimate of drug-likeness (QED) is 0.707. The summed E-state index contributed by atoms with van der Waals surface area (Å²) in [4.78, 5) is 24.5. The van der Waals surface area contributed by atoms with Crippen LogP contribution in [0.2, 0.25) is 0 Å². The minimum Gasteiger partial charge on any atom is -0.507 e. The standard InChI is InChI=1S/C21H26N4O3/c1-12(2)9-20(27)22-15-7-8-16(19(26)10-15)17-11-18(13-3-4-13)25(24-17)21(28)23-14-5-6-14/h7-8,10-14,26H,3-6,9H2,1-2H3,(H,22,27)(H,23,28). The fourth-order valence-corrected chi connectivity index (χ4v) is 3.23. The molecule has 2 aliphatic rings. The van der Waals surface area contributed by atoms with E-state index in [1.807, 2.05) is 19.9 Å². The van der Waals surface area contributed by atoms with Crippen molar-refractivity contribution in [2.45, 2.75) is 57.9 Å². The van der Waals surface area contributed by atoms with E-state index in [0.717, 1.165) is 31.4 Å². The number of carbonyl (C=O) groups is 2. The fourth-order valence-electron chi connectivity index (χ4n) is 3.23. The van der Waals surface area contributed by atoms with Crippen LogP contribution < -0.4 is 10.6 Å². The molecule has 2 aliphatic carbocycles. The average Bonchev–Trinajstić information content (AvgIpc) is 3.54. The molecular weight excluding hydrogens is 356 g/mol. The summed E-state index contributed by atoms with van der Waals surface area (Å²) in [5.41, 5.74) is 2.54. The number of carbonyl (C=O) groups excluding carboxylic acids is 2. The van der Waals surface area contributed by atoms with Gasteiger partial charge in [0.05, 0.1) is 11.4 Å². The zero-order valence-electron chi connectivity index (χ0n) is 16.2. The molecule has 0 atom stereocenters. The predicted octanol–water partition coefficient (Wildman–Crippen LogP) is 3.84. The van der Waals surface area contributed by atoms with Crippen LogP contribution >= 0.6 is 0 Å². The van der Waals surface area contributed by atoms with Crippen LogP contribution in [0.5, 0.6) is 5.75 Å². The van der Waals surface area contributed by atoms with Gasteiger partial charge in [0.25, 0.3) is 0 Å². The van der Waals surface area contributed by atoms with E-state index in [1.54, 1.807) is 12.1 Å². The third-order valence-corrected chi connectivity index (χ3v) is 4.98. The Morgan fingerprint density at radius 2 is 1.96 bits per heavy atom. The Balaban J connectivity index is 1.56. The number of nitrogens with zero attached hydrogens (tertiary/aromatic N) is 2. The molecule has 1 heterocycles. The van der Waals surface area contributed by atoms with Crippen LogP contribution in [-0.4, -0.2) is 32.9 Å². The third kappa shape index (κ3) is 4.18. The number of hydrogen-bond donors (Lipinski definition) is 3. The van der Waals surface area contributed by atoms with Gasteiger partial charge in [-0.3, -0.25) is 4.79 Å². The van der Waals surface area contributed by atoms with Crippen molar-refractivity contribution >= 4 is 17.6 Å². The second-order valence-corrected chi connectivity index (χ2v) is 8.24. The van der Waals surface area contributed by atoms with Gasteiger partial charge in [-0.05, 0) is 49.8 Å². The zero-order valence-corrected chi connectivity index (χ0v) is 16.2. The van der Waals surface area contributed by atoms with Crippen molar-refractivity contribution in [2.75, 3.05) is 5.32 Å². The van der Waals surface area contributed by atoms with E-state index in [2.05, 4.69) is 15.7 Å². The van der Waals surface area contributed by atoms with Gasteiger partial charge >= 0.3 is 6.03 Å². The SMILES string of the molecule is CC(C)CC(=O)Nc1ccc(-c2cc(C3CC3)n(C(=O)NC3CC3)n2)c(O)c1. The van der Waals surface area contributed by atoms with Gasteiger partial charge in [0.15, 0.2) is 0 Å². The molecule has 148 valence electrons. The highest BCUT2D eigenvalue weighted by Crippen LogP contribution is 2.42. The van der Waals surface area contributed by atoms with Crippen LogP contribution in [-0.2, 0) is 4.79 Å². The lowest BCUT2D eigenvalue weighted by Gasteiger charge is -2.09. The summed E-state index contributed by atoms with van der Waals surface area (Å²) in [5, 5.41) is 20.7. The highest BCUT2D eigenvalue weighted by Gasteiger charge is 2.32. The zero-order chi connectivity index (χ0) is 19.8. The summed E-state index contributed by atoms with van der Waals surface area (Å²) in [5.74, 6) is 0.554. The van der Waals surface area contributed by atoms with Gasteiger partial charge in [0.2, 0.25) is 5.91 Å². The van der Waals surface area contributed by atoms with Gasteiger partial charge in [0, 0.05) is 35.7 Å². The van der Waals surface area contributed by atoms with Crippen LogP contribution in [0, 0.1) is 5.92 Å². The topological polar surface area (TPSA) is 96.3 Å². The van der Waals surface area contributed by atoms with Gasteiger partial charge in [-0.25, -0.2) is 4.79 Å². The van der Waals surface area contributed by atoms with Crippen molar-refractivity contribution in [1.29, 1.82) is 0 Å². The summed E-state index contributed by atoms with van der Waals surface area (Å²) < 4.78 is 1.45. The molecule has 1 aromatic heterocycles. The smallest absolute Gasteiger partial charge is 0.342 e. The van der Waals surface area contributed by atoms with E-state index in [9.17, 15) is 14.7 Å². The number of phenolic OH excluding ortho intramolecular Hbond substituents is 1. The lowest BCUT2D eigenvalue weighted by Crippen LogP contribution is -2.32. The van der Waals surface area contributed by atoms with Crippen LogP contribution in [0.1, 0.15) is 57.6 Å². The maximum Gasteiger partial charge on any atom is 0.342 e. The fraction of sp³-hybridized carbons (Fsp3) is 0.476. The number of phenols is 1. The lowest BCUT2D eigenvalue weighted by molar-refractivity contribution is -0.116. The highest BCUT2D eigenvalue weighted by atomic mass is 16.3. The Kier molecular flexibility index (Phi) is 4.83. The van der Waals surface area contributed by atoms with Crippen molar-refractivity contribution in [3.63, 3.8) is 0 Å². The molecule has 0 radical (unpaired) electrons. The molecule has 0 saturated heterocycles. The van der Waals surface area contributed by atoms with E-state index in [1.165, 1.54) is 10.7 Å². The Bertz CT molecular complexity index is 910. The van der Waals surface area contributed by atoms with Crippen LogP contribution in [0.25, 0.3) is 11.3 Å². The van der Waals surface area contributed by atoms with Gasteiger partial charge in [-0.1, -0.05) is 13.8 Å². The molecule has 0 aliphatic heterocycles. The Hall–Kier alpha value is -2.83. The molecule has 0 unspecified atom stereocenters. The lowest BCUT2D eigenvalue weighted by atomic mass is 10.1. The molecule has 0 spiro atoms. The van der Waals surface area contributed by atoms with E-state index in [-0.39, 0.29) is 29.6 Å². The number of nitrogens with one attached hydrogen (secondary N) is 2. The maximum atomic E-state index is 12.5. The Morgan fingerprint density at radius 3 is 2.57 bits per heavy atom. The first kappa shape index (κ1) is 18.5. The number of aromatic nitrogens is 2. The summed E-state index contributed by atoms with van der Waals surface area (Å²) in [6.07, 6.45) is 4.56. The summed E-state index contributed by atoms with van der Waals surface area (Å²) >= 11 is 0. The number of amides is 2. The molecule has 4 rings (SSSR count). The molecule has 2 amide bonds. The minimum absolute atomic E-state index is 0.0249. The summed E-state index contributed by atoms with van der Waals surface area (Å²) in [6, 6.07) is 6.93. The molecule has 0 bridgehead atoms. The number of benzene rings is 1. The summed E-state index contributed by atoms with van der Waals surface area (Å²) in [7, 11) is 0. The van der Waals surface area contributed by atoms with Crippen molar-refractivity contribution < 1.29 is 14.7 Å². The normalized spacial score (nSPS) is 16.2. The number of aromatic hydroxyl groups is 1. The van der Waals surface area contributed by atoms with E-state index in [0.29, 0.717) is 29.3 Å². The highest BCUT2D eigenvalue weighted by molar-refractivity contribution is 5.91. The van der Waals surface area contributed by atoms with Gasteiger partial charge in [-0.15, -0.1) is 0 Å². The van der Waals surface area contributed by atoms with E-state index < -0.39 is 0 Å². The van der Waals surface area contributed by atoms with Crippen LogP contribution in [0.4, 0.5) is 10.5 Å². The van der Waals surface area contributed by atoms with Crippen molar-refractivity contribution in [3.8, 4) is 17.0 Å². The molecule has 7 heteroatoms. The average molecular weight is 382 g/mol. The van der Waals surface area contributed by atoms with Crippen molar-refractivity contribution in [1.82, 2.24) is 15.1 Å². The monoisotopic (exact) mass is 382 g/mol. The Labute approximate surface area is 164 Å². The maximum absolute atomic E-state index is 12.5. The van der Waals surface area contributed by atoms with Gasteiger partial charge < -0.3 is 15.7 Å². The first-order chi connectivity index (χ1) is 13.4. The number of hydrogen-bond acceptors (Lipinski definition) is 4. The third-order valence-electron chi connectivity index (χ3n) is 4.98. The minimum atomic E-state index is -0.201. The van der Waals surface area contributed by atoms with Gasteiger partial charge in [0.1, 0.15) is 5.75 Å². The van der Waals surface area contributed by atoms with Crippen LogP contribution in [0.3, 0.4) is 0 Å². The largest absolute Gasteiger partial charge is 0.507 e. The first-order valence-electron chi connectivity index (χ1n) is 9.94. The summed E-state index contributed by atoms with van der Waals surface area (Å²) in [6.45, 7) is 3.96. The molecular formula is C21H26N4O3. The van der Waals surface area contributed by atoms with Gasteiger partial charge in [-0.2, -0.15) is 9.78 Å². The Morgan fingerprint density at radius 1 is 1.21 bits per heavy atom. The molecule has 2 saturated carbocycles. The molecule has 2 aromatic rings. The number of rotatable bonds is 6. The van der Waals surface area contributed by atoms with Crippen molar-refractivity contribution in [3.05, 3.63) is 30.0 Å². The first-order valence-corrected chi connectivity index (χ1v) is 9.94. The molecule has 7 nitrogen and oxygen atoms in total.